The molecular formula is C70H127N11O7. The molecule has 1 aromatic carbocycles. The van der Waals surface area contributed by atoms with Gasteiger partial charge in [-0.15, -0.1) is 0 Å². The Morgan fingerprint density at radius 2 is 0.477 bits per heavy atom. The molecule has 0 unspecified atom stereocenters. The number of benzene rings is 1. The normalized spacial score (nSPS) is 24.1. The van der Waals surface area contributed by atoms with Crippen LogP contribution in [0.4, 0.5) is 9.59 Å². The summed E-state index contributed by atoms with van der Waals surface area (Å²) in [5.74, 6) is 0.752. The third-order valence-electron chi connectivity index (χ3n) is 27.6. The Bertz CT molecular complexity index is 3120. The zero-order valence-electron chi connectivity index (χ0n) is 63.6. The van der Waals surface area contributed by atoms with Gasteiger partial charge in [0.25, 0.3) is 0 Å². The third kappa shape index (κ3) is 11.5. The van der Waals surface area contributed by atoms with Crippen LogP contribution >= 0.6 is 0 Å². The van der Waals surface area contributed by atoms with E-state index < -0.39 is 0 Å². The Labute approximate surface area is 533 Å². The summed E-state index contributed by atoms with van der Waals surface area (Å²) < 4.78 is 6.59. The second-order valence-electron chi connectivity index (χ2n) is 33.1. The molecule has 5 aliphatic heterocycles. The minimum Gasteiger partial charge on any atom is -0.340 e. The van der Waals surface area contributed by atoms with Crippen molar-refractivity contribution in [3.05, 3.63) is 56.6 Å². The van der Waals surface area contributed by atoms with E-state index in [9.17, 15) is 33.6 Å². The van der Waals surface area contributed by atoms with Gasteiger partial charge in [0, 0.05) is 127 Å². The molecule has 0 spiro atoms. The van der Waals surface area contributed by atoms with E-state index in [0.29, 0.717) is 0 Å². The van der Waals surface area contributed by atoms with E-state index in [1.165, 1.54) is 0 Å². The molecule has 0 N–H and O–H groups in total. The van der Waals surface area contributed by atoms with Crippen molar-refractivity contribution in [1.82, 2.24) is 52.6 Å². The van der Waals surface area contributed by atoms with E-state index in [1.807, 2.05) is 135 Å². The van der Waals surface area contributed by atoms with E-state index in [-0.39, 0.29) is 118 Å². The number of rotatable bonds is 0. The van der Waals surface area contributed by atoms with Gasteiger partial charge in [-0.2, -0.15) is 0 Å². The number of aryl methyl sites for hydroxylation is 2. The maximum absolute atomic E-state index is 12.5. The second kappa shape index (κ2) is 23.9. The second-order valence-corrected chi connectivity index (χ2v) is 33.1. The van der Waals surface area contributed by atoms with Crippen LogP contribution in [0.15, 0.2) is 33.9 Å². The van der Waals surface area contributed by atoms with Gasteiger partial charge in [-0.3, -0.25) is 32.7 Å². The Hall–Kier alpha value is -5.55. The van der Waals surface area contributed by atoms with E-state index in [2.05, 4.69) is 166 Å². The van der Waals surface area contributed by atoms with Gasteiger partial charge in [-0.05, 0) is 148 Å². The largest absolute Gasteiger partial charge is 0.340 e. The number of fused-ring (bicyclic) bond motifs is 1. The lowest BCUT2D eigenvalue weighted by molar-refractivity contribution is -0.195. The van der Waals surface area contributed by atoms with Crippen LogP contribution in [0.2, 0.25) is 0 Å². The highest BCUT2D eigenvalue weighted by Gasteiger charge is 2.65. The van der Waals surface area contributed by atoms with E-state index in [1.54, 1.807) is 61.2 Å². The number of likely N-dealkylation sites (N-methyl/N-ethyl adjacent to an activating group) is 2. The van der Waals surface area contributed by atoms with E-state index in [4.69, 9.17) is 0 Å². The highest BCUT2D eigenvalue weighted by molar-refractivity contribution is 5.90. The summed E-state index contributed by atoms with van der Waals surface area (Å²) in [5.41, 5.74) is 2.79. The van der Waals surface area contributed by atoms with Crippen LogP contribution in [0.5, 0.6) is 0 Å². The van der Waals surface area contributed by atoms with Gasteiger partial charge < -0.3 is 34.3 Å². The quantitative estimate of drug-likeness (QED) is 0.202. The van der Waals surface area contributed by atoms with Crippen LogP contribution in [-0.2, 0) is 42.6 Å². The molecule has 18 nitrogen and oxygen atoms in total. The van der Waals surface area contributed by atoms with Crippen molar-refractivity contribution >= 4 is 40.8 Å². The number of urea groups is 2. The first-order valence-electron chi connectivity index (χ1n) is 31.3. The summed E-state index contributed by atoms with van der Waals surface area (Å²) in [6.45, 7) is 63.6. The number of aromatic nitrogens is 4. The number of nitrogens with zero attached hydrogens (tertiary/aromatic N) is 11. The number of hydrogen-bond donors (Lipinski definition) is 0. The van der Waals surface area contributed by atoms with Crippen molar-refractivity contribution in [2.45, 2.75) is 246 Å². The van der Waals surface area contributed by atoms with Gasteiger partial charge >= 0.3 is 23.4 Å². The lowest BCUT2D eigenvalue weighted by Gasteiger charge is -2.65. The minimum absolute atomic E-state index is 0.00579. The van der Waals surface area contributed by atoms with Crippen LogP contribution in [0.3, 0.4) is 0 Å². The first-order chi connectivity index (χ1) is 38.7. The molecule has 5 aliphatic rings. The maximum Gasteiger partial charge on any atom is 0.328 e. The summed E-state index contributed by atoms with van der Waals surface area (Å²) in [6, 6.07) is 7.95. The summed E-state index contributed by atoms with van der Waals surface area (Å²) in [5, 5.41) is 0. The molecule has 504 valence electrons. The van der Waals surface area contributed by atoms with E-state index >= 15 is 0 Å². The van der Waals surface area contributed by atoms with Crippen molar-refractivity contribution in [2.24, 2.45) is 66.1 Å². The summed E-state index contributed by atoms with van der Waals surface area (Å²) in [7, 11) is 20.3. The highest BCUT2D eigenvalue weighted by atomic mass is 16.2. The molecule has 18 heteroatoms. The molecule has 0 aliphatic carbocycles. The number of amides is 7. The van der Waals surface area contributed by atoms with Crippen molar-refractivity contribution in [2.75, 3.05) is 49.3 Å². The zero-order chi connectivity index (χ0) is 70.5. The molecule has 3 aromatic rings. The van der Waals surface area contributed by atoms with E-state index in [0.717, 1.165) is 22.4 Å². The summed E-state index contributed by atoms with van der Waals surface area (Å²) >= 11 is 0. The maximum atomic E-state index is 12.5. The van der Waals surface area contributed by atoms with Gasteiger partial charge in [0.1, 0.15) is 0 Å². The highest BCUT2D eigenvalue weighted by Crippen LogP contribution is 2.62. The topological polar surface area (TPSA) is 162 Å². The Kier molecular flexibility index (Phi) is 21.4. The average Bonchev–Trinajstić information content (AvgIpc) is 1.24. The Morgan fingerprint density at radius 1 is 0.250 bits per heavy atom. The Balaban J connectivity index is 0.000000352. The summed E-state index contributed by atoms with van der Waals surface area (Å²) in [4.78, 5) is 94.8. The van der Waals surface area contributed by atoms with Crippen molar-refractivity contribution in [3.8, 4) is 0 Å². The number of piperidine rings is 1. The van der Waals surface area contributed by atoms with Gasteiger partial charge in [0.15, 0.2) is 0 Å². The molecule has 0 atom stereocenters. The smallest absolute Gasteiger partial charge is 0.328 e. The fraction of sp³-hybridized carbons (Fsp3) is 0.786. The van der Waals surface area contributed by atoms with Crippen LogP contribution in [0, 0.1) is 51.8 Å². The number of likely N-dealkylation sites (tertiary alicyclic amines) is 3. The predicted octanol–water partition coefficient (Wildman–Crippen LogP) is 12.2. The predicted molar refractivity (Wildman–Crippen MR) is 363 cm³/mol. The number of hydrogen-bond acceptors (Lipinski definition) is 7. The van der Waals surface area contributed by atoms with Gasteiger partial charge in [0.05, 0.1) is 38.5 Å². The lowest BCUT2D eigenvalue weighted by atomic mass is 9.46. The zero-order valence-corrected chi connectivity index (χ0v) is 63.6. The number of β-lactam (4-membered cyclic amide) rings is 1. The van der Waals surface area contributed by atoms with Crippen LogP contribution in [0.1, 0.15) is 205 Å². The van der Waals surface area contributed by atoms with Crippen LogP contribution in [0.25, 0.3) is 11.0 Å². The number of carbonyl (C=O) groups excluding carboxylic acids is 5. The van der Waals surface area contributed by atoms with Crippen molar-refractivity contribution in [3.63, 3.8) is 0 Å². The van der Waals surface area contributed by atoms with Crippen molar-refractivity contribution in [1.29, 1.82) is 0 Å². The minimum atomic E-state index is -0.319. The molecule has 0 bridgehead atoms. The number of para-hydroxylation sites is 2. The lowest BCUT2D eigenvalue weighted by Crippen LogP contribution is -2.74. The molecule has 88 heavy (non-hydrogen) atoms. The number of imidazole rings is 2. The molecule has 2 aromatic heterocycles. The fourth-order valence-corrected chi connectivity index (χ4v) is 12.6. The molecule has 7 heterocycles. The number of carbonyl (C=O) groups is 5. The monoisotopic (exact) mass is 1230 g/mol. The first-order valence-corrected chi connectivity index (χ1v) is 31.3. The van der Waals surface area contributed by atoms with Gasteiger partial charge in [-0.1, -0.05) is 95.2 Å². The molecular weight excluding hydrogens is 1110 g/mol. The first kappa shape index (κ1) is 78.5. The van der Waals surface area contributed by atoms with Gasteiger partial charge in [0.2, 0.25) is 17.7 Å². The fourth-order valence-electron chi connectivity index (χ4n) is 12.6. The molecule has 0 radical (unpaired) electrons. The molecule has 0 saturated carbocycles. The Morgan fingerprint density at radius 3 is 0.693 bits per heavy atom. The van der Waals surface area contributed by atoms with Crippen molar-refractivity contribution < 1.29 is 24.0 Å². The standard InChI is InChI=1S/C14H27NO.C12H24N2O.C11H21NO.C9H10N2O.C9H18N2O.C8H15NO.C7H12N2O/c1-11(2)10(16)15(9)14(7,8)13(5,6)12(11,3)4;1-10(2)11(3,4)13(7)9(15)14(8)12(10,5)6;1-9(2)8(13)12(7)11(5,6)10(9,3)4;1-10-7-5-3-4-6-8(7)11(2)9(10)12;1-8(2)9(3,4)11(6)7(12)10(8)5;1-7(2)6(10)9(5)8(7,3)4;1-5-6(2)9(4)7(10)8(5)3/h1-9H3;1-8H3;1-7H3;3-6H,1-2H3;1-6H3;1-5H3;1-4H3. The molecule has 8 rings (SSSR count). The van der Waals surface area contributed by atoms with Crippen LogP contribution in [-0.4, -0.2) is 170 Å². The van der Waals surface area contributed by atoms with Crippen LogP contribution < -0.4 is 11.4 Å². The molecule has 5 saturated heterocycles. The third-order valence-corrected chi connectivity index (χ3v) is 27.6. The summed E-state index contributed by atoms with van der Waals surface area (Å²) in [6.07, 6.45) is 0. The van der Waals surface area contributed by atoms with Gasteiger partial charge in [-0.25, -0.2) is 19.2 Å². The average molecular weight is 1230 g/mol. The SMILES string of the molecule is CN1C(=O)C(C)(C)C(C)(C)C(C)(C)C1(C)C.CN1C(=O)C(C)(C)C(C)(C)C1(C)C.CN1C(=O)C(C)(C)C1(C)C.CN1C(=O)N(C)C(C)(C)C(C)(C)C1(C)C.CN1C(=O)N(C)C(C)(C)C1(C)C.Cc1c(C)n(C)c(=O)n1C.Cn1c(=O)n(C)c2ccccc21. The molecule has 5 fully saturated rings. The molecule has 7 amide bonds.